The second-order valence-corrected chi connectivity index (χ2v) is 13.3. The second kappa shape index (κ2) is 11.2. The highest BCUT2D eigenvalue weighted by atomic mass is 79.9. The molecule has 9 N–H and O–H groups in total. The van der Waals surface area contributed by atoms with Crippen molar-refractivity contribution in [3.8, 4) is 0 Å². The zero-order chi connectivity index (χ0) is 28.3. The van der Waals surface area contributed by atoms with Crippen LogP contribution in [0.1, 0.15) is 6.23 Å². The maximum absolute atomic E-state index is 10.8. The molecule has 0 aromatic carbocycles. The standard InChI is InChI=1S/C20H24Br2N10O6S2/c21-19-29-7-13(23)25-3-27-15(7)31(19)17-11(35)9(33)5(37-17)1-39-40-2-6-10(34)12(36)18(38-6)32-16-8(30-20(32)22)14(24)26-4-28-16/h3-6,9-12,17-19,29,33-36H,1-2H2,(H2,23,25,27)(H2,24,26,28)/t5-,6-,9+,10+,11?,12?,17-,18-,19?/m1/s1. The molecule has 3 aliphatic rings. The summed E-state index contributed by atoms with van der Waals surface area (Å²) in [5.74, 6) is 1.52. The summed E-state index contributed by atoms with van der Waals surface area (Å²) in [6.45, 7) is 0. The number of alkyl halides is 1. The molecule has 0 saturated carbocycles. The molecule has 2 fully saturated rings. The van der Waals surface area contributed by atoms with Crippen molar-refractivity contribution in [1.82, 2.24) is 29.5 Å². The molecule has 3 aromatic heterocycles. The summed E-state index contributed by atoms with van der Waals surface area (Å²) in [4.78, 5) is 22.3. The second-order valence-electron chi connectivity index (χ2n) is 9.19. The fourth-order valence-corrected chi connectivity index (χ4v) is 8.40. The number of hydrogen-bond acceptors (Lipinski definition) is 17. The van der Waals surface area contributed by atoms with Crippen LogP contribution in [0, 0.1) is 0 Å². The van der Waals surface area contributed by atoms with Crippen molar-refractivity contribution in [3.63, 3.8) is 0 Å². The zero-order valence-electron chi connectivity index (χ0n) is 20.2. The Balaban J connectivity index is 1.06. The van der Waals surface area contributed by atoms with Gasteiger partial charge in [-0.1, -0.05) is 21.6 Å². The number of hydrogen-bond donors (Lipinski definition) is 7. The van der Waals surface area contributed by atoms with E-state index in [2.05, 4.69) is 62.1 Å². The number of aliphatic hydroxyl groups excluding tert-OH is 4. The molecule has 0 aliphatic carbocycles. The van der Waals surface area contributed by atoms with Crippen LogP contribution in [-0.4, -0.2) is 109 Å². The van der Waals surface area contributed by atoms with Gasteiger partial charge in [0.15, 0.2) is 50.9 Å². The van der Waals surface area contributed by atoms with E-state index in [9.17, 15) is 20.4 Å². The Bertz CT molecular complexity index is 1410. The van der Waals surface area contributed by atoms with Crippen LogP contribution < -0.4 is 21.7 Å². The van der Waals surface area contributed by atoms with Gasteiger partial charge in [-0.3, -0.25) is 9.47 Å². The van der Waals surface area contributed by atoms with Crippen molar-refractivity contribution < 1.29 is 29.9 Å². The van der Waals surface area contributed by atoms with Crippen molar-refractivity contribution in [3.05, 3.63) is 17.4 Å². The highest BCUT2D eigenvalue weighted by molar-refractivity contribution is 9.10. The first-order chi connectivity index (χ1) is 19.2. The summed E-state index contributed by atoms with van der Waals surface area (Å²) < 4.78 is 13.9. The number of fused-ring (bicyclic) bond motifs is 2. The topological polar surface area (TPSA) is 236 Å². The lowest BCUT2D eigenvalue weighted by atomic mass is 10.1. The molecule has 0 spiro atoms. The minimum Gasteiger partial charge on any atom is -0.387 e. The van der Waals surface area contributed by atoms with Gasteiger partial charge in [0.05, 0.1) is 12.2 Å². The summed E-state index contributed by atoms with van der Waals surface area (Å²) >= 11 is 6.82. The number of halogens is 2. The van der Waals surface area contributed by atoms with Crippen LogP contribution in [0.2, 0.25) is 0 Å². The Kier molecular flexibility index (Phi) is 7.91. The maximum atomic E-state index is 10.8. The van der Waals surface area contributed by atoms with Gasteiger partial charge >= 0.3 is 0 Å². The summed E-state index contributed by atoms with van der Waals surface area (Å²) in [5.41, 5.74) is 13.0. The quantitative estimate of drug-likeness (QED) is 0.0540. The fourth-order valence-electron chi connectivity index (χ4n) is 4.80. The van der Waals surface area contributed by atoms with Gasteiger partial charge in [0, 0.05) is 11.5 Å². The molecule has 3 aromatic rings. The molecular weight excluding hydrogens is 700 g/mol. The molecule has 3 unspecified atom stereocenters. The number of aromatic nitrogens is 6. The number of imidazole rings is 1. The largest absolute Gasteiger partial charge is 0.387 e. The Labute approximate surface area is 250 Å². The summed E-state index contributed by atoms with van der Waals surface area (Å²) in [7, 11) is 2.75. The van der Waals surface area contributed by atoms with Crippen LogP contribution in [0.25, 0.3) is 11.2 Å². The molecule has 3 aliphatic heterocycles. The van der Waals surface area contributed by atoms with E-state index in [1.165, 1.54) is 38.8 Å². The van der Waals surface area contributed by atoms with Gasteiger partial charge in [0.2, 0.25) is 0 Å². The summed E-state index contributed by atoms with van der Waals surface area (Å²) in [6, 6.07) is 0. The predicted molar refractivity (Wildman–Crippen MR) is 154 cm³/mol. The average molecular weight is 724 g/mol. The van der Waals surface area contributed by atoms with Gasteiger partial charge in [-0.2, -0.15) is 0 Å². The lowest BCUT2D eigenvalue weighted by Crippen LogP contribution is -2.47. The first kappa shape index (κ1) is 28.4. The van der Waals surface area contributed by atoms with Crippen LogP contribution in [-0.2, 0) is 9.47 Å². The van der Waals surface area contributed by atoms with E-state index in [4.69, 9.17) is 20.9 Å². The molecule has 0 amide bonds. The molecule has 20 heteroatoms. The molecule has 6 rings (SSSR count). The monoisotopic (exact) mass is 722 g/mol. The van der Waals surface area contributed by atoms with E-state index < -0.39 is 54.2 Å². The number of rotatable bonds is 7. The van der Waals surface area contributed by atoms with Crippen LogP contribution >= 0.6 is 53.4 Å². The van der Waals surface area contributed by atoms with E-state index in [1.54, 1.807) is 4.90 Å². The normalized spacial score (nSPS) is 33.5. The molecule has 6 heterocycles. The van der Waals surface area contributed by atoms with Gasteiger partial charge in [-0.15, -0.1) is 0 Å². The van der Waals surface area contributed by atoms with Gasteiger partial charge in [-0.05, 0) is 31.9 Å². The average Bonchev–Trinajstić information content (AvgIpc) is 3.61. The molecule has 16 nitrogen and oxygen atoms in total. The van der Waals surface area contributed by atoms with E-state index >= 15 is 0 Å². The van der Waals surface area contributed by atoms with Gasteiger partial charge in [-0.25, -0.2) is 24.9 Å². The first-order valence-electron chi connectivity index (χ1n) is 11.9. The van der Waals surface area contributed by atoms with Crippen molar-refractivity contribution >= 4 is 87.8 Å². The van der Waals surface area contributed by atoms with Crippen LogP contribution in [0.15, 0.2) is 17.4 Å². The van der Waals surface area contributed by atoms with Crippen molar-refractivity contribution in [2.24, 2.45) is 0 Å². The van der Waals surface area contributed by atoms with Crippen LogP contribution in [0.4, 0.5) is 23.1 Å². The minimum absolute atomic E-state index is 0.180. The van der Waals surface area contributed by atoms with Crippen LogP contribution in [0.3, 0.4) is 0 Å². The third-order valence-corrected chi connectivity index (χ3v) is 10.5. The molecule has 9 atom stereocenters. The van der Waals surface area contributed by atoms with E-state index in [0.29, 0.717) is 38.9 Å². The molecule has 2 saturated heterocycles. The summed E-state index contributed by atoms with van der Waals surface area (Å²) in [6.07, 6.45) is -5.43. The number of anilines is 4. The number of nitrogens with two attached hydrogens (primary N) is 2. The van der Waals surface area contributed by atoms with Crippen LogP contribution in [0.5, 0.6) is 0 Å². The smallest absolute Gasteiger partial charge is 0.181 e. The highest BCUT2D eigenvalue weighted by Crippen LogP contribution is 2.43. The summed E-state index contributed by atoms with van der Waals surface area (Å²) in [5, 5.41) is 45.5. The SMILES string of the molecule is Nc1ncnc2c1NC(Br)N2[C@@H]1O[C@H](CSSC[C@H]2O[C@@H](n3c(Br)nc4c(N)ncnc43)C(O)[C@H]2O)[C@H](O)C1O. The number of nitrogens with one attached hydrogen (secondary N) is 1. The number of nitrogens with zero attached hydrogens (tertiary/aromatic N) is 7. The van der Waals surface area contributed by atoms with Gasteiger partial charge in [0.1, 0.15) is 42.8 Å². The molecule has 40 heavy (non-hydrogen) atoms. The minimum atomic E-state index is -1.25. The third kappa shape index (κ3) is 4.76. The fraction of sp³-hybridized carbons (Fsp3) is 0.550. The predicted octanol–water partition coefficient (Wildman–Crippen LogP) is -0.399. The van der Waals surface area contributed by atoms with E-state index in [1.807, 2.05) is 0 Å². The Morgan fingerprint density at radius 3 is 2.17 bits per heavy atom. The number of aliphatic hydroxyl groups is 4. The molecule has 216 valence electrons. The number of ether oxygens (including phenoxy) is 2. The third-order valence-electron chi connectivity index (χ3n) is 6.82. The van der Waals surface area contributed by atoms with E-state index in [-0.39, 0.29) is 11.6 Å². The first-order valence-corrected chi connectivity index (χ1v) is 16.1. The zero-order valence-corrected chi connectivity index (χ0v) is 25.0. The van der Waals surface area contributed by atoms with Crippen molar-refractivity contribution in [1.29, 1.82) is 0 Å². The Hall–Kier alpha value is -1.75. The molecular formula is C20H24Br2N10O6S2. The van der Waals surface area contributed by atoms with Crippen molar-refractivity contribution in [2.75, 3.05) is 33.2 Å². The maximum Gasteiger partial charge on any atom is 0.181 e. The molecule has 0 bridgehead atoms. The van der Waals surface area contributed by atoms with Crippen molar-refractivity contribution in [2.45, 2.75) is 54.2 Å². The lowest BCUT2D eigenvalue weighted by Gasteiger charge is -2.29. The lowest BCUT2D eigenvalue weighted by molar-refractivity contribution is -0.0301. The van der Waals surface area contributed by atoms with E-state index in [0.717, 1.165) is 0 Å². The Morgan fingerprint density at radius 1 is 0.875 bits per heavy atom. The Morgan fingerprint density at radius 2 is 1.48 bits per heavy atom. The van der Waals surface area contributed by atoms with Gasteiger partial charge < -0.3 is 46.7 Å². The van der Waals surface area contributed by atoms with Gasteiger partial charge in [0.25, 0.3) is 0 Å². The molecule has 0 radical (unpaired) electrons. The number of nitrogen functional groups attached to an aromatic ring is 2. The highest BCUT2D eigenvalue weighted by Gasteiger charge is 2.50.